The number of nitrogens with one attached hydrogen (secondary N) is 1. The monoisotopic (exact) mass is 527 g/mol. The molecule has 1 heterocycles. The molecular formula is C28H18ClN3O6. The van der Waals surface area contributed by atoms with Crippen molar-refractivity contribution in [2.24, 2.45) is 0 Å². The minimum absolute atomic E-state index is 0.0377. The molecule has 10 heteroatoms. The van der Waals surface area contributed by atoms with Crippen LogP contribution in [0.4, 0.5) is 16.2 Å². The lowest BCUT2D eigenvalue weighted by molar-refractivity contribution is -0.384. The third kappa shape index (κ3) is 4.70. The Balaban J connectivity index is 1.55. The fraction of sp³-hybridized carbons (Fsp3) is 0.0357. The van der Waals surface area contributed by atoms with Crippen LogP contribution in [0.3, 0.4) is 0 Å². The highest BCUT2D eigenvalue weighted by Gasteiger charge is 2.38. The Labute approximate surface area is 221 Å². The van der Waals surface area contributed by atoms with Crippen LogP contribution in [-0.4, -0.2) is 22.8 Å². The summed E-state index contributed by atoms with van der Waals surface area (Å²) in [5, 5.41) is 14.8. The molecule has 1 aliphatic rings. The summed E-state index contributed by atoms with van der Waals surface area (Å²) >= 11 is 6.23. The van der Waals surface area contributed by atoms with Gasteiger partial charge < -0.3 is 4.74 Å². The number of benzene rings is 4. The number of rotatable bonds is 6. The van der Waals surface area contributed by atoms with Crippen molar-refractivity contribution >= 4 is 57.7 Å². The zero-order chi connectivity index (χ0) is 26.8. The average molecular weight is 528 g/mol. The van der Waals surface area contributed by atoms with Gasteiger partial charge in [0.25, 0.3) is 17.5 Å². The normalized spacial score (nSPS) is 14.6. The van der Waals surface area contributed by atoms with Gasteiger partial charge in [-0.3, -0.25) is 25.0 Å². The van der Waals surface area contributed by atoms with E-state index in [1.807, 2.05) is 30.3 Å². The number of nitrogens with zero attached hydrogens (tertiary/aromatic N) is 2. The summed E-state index contributed by atoms with van der Waals surface area (Å²) in [6.45, 7) is 0.0802. The van der Waals surface area contributed by atoms with Crippen LogP contribution in [0.25, 0.3) is 16.8 Å². The molecule has 38 heavy (non-hydrogen) atoms. The molecule has 5 rings (SSSR count). The average Bonchev–Trinajstić information content (AvgIpc) is 2.91. The minimum atomic E-state index is -0.905. The summed E-state index contributed by atoms with van der Waals surface area (Å²) in [5.41, 5.74) is 0.967. The van der Waals surface area contributed by atoms with Gasteiger partial charge in [0.05, 0.1) is 15.6 Å². The van der Waals surface area contributed by atoms with Crippen molar-refractivity contribution in [3.8, 4) is 5.75 Å². The molecule has 1 aliphatic heterocycles. The third-order valence-corrected chi connectivity index (χ3v) is 6.28. The first kappa shape index (κ1) is 24.7. The zero-order valence-electron chi connectivity index (χ0n) is 19.6. The van der Waals surface area contributed by atoms with E-state index in [2.05, 4.69) is 5.32 Å². The Kier molecular flexibility index (Phi) is 6.59. The van der Waals surface area contributed by atoms with Crippen molar-refractivity contribution in [2.45, 2.75) is 6.61 Å². The first-order valence-electron chi connectivity index (χ1n) is 11.4. The Morgan fingerprint density at radius 3 is 2.37 bits per heavy atom. The molecule has 0 bridgehead atoms. The number of para-hydroxylation sites is 1. The number of imide groups is 2. The van der Waals surface area contributed by atoms with Crippen molar-refractivity contribution in [2.75, 3.05) is 4.90 Å². The highest BCUT2D eigenvalue weighted by molar-refractivity contribution is 6.42. The van der Waals surface area contributed by atoms with Gasteiger partial charge in [-0.05, 0) is 52.7 Å². The highest BCUT2D eigenvalue weighted by atomic mass is 35.5. The Morgan fingerprint density at radius 2 is 1.63 bits per heavy atom. The first-order valence-corrected chi connectivity index (χ1v) is 11.7. The Morgan fingerprint density at radius 1 is 0.921 bits per heavy atom. The summed E-state index contributed by atoms with van der Waals surface area (Å²) in [5.74, 6) is -1.31. The van der Waals surface area contributed by atoms with Gasteiger partial charge in [-0.1, -0.05) is 54.1 Å². The molecule has 9 nitrogen and oxygen atoms in total. The number of carbonyl (C=O) groups excluding carboxylic acids is 3. The van der Waals surface area contributed by atoms with Gasteiger partial charge in [-0.2, -0.15) is 0 Å². The largest absolute Gasteiger partial charge is 0.488 e. The summed E-state index contributed by atoms with van der Waals surface area (Å²) in [6.07, 6.45) is 1.39. The van der Waals surface area contributed by atoms with E-state index in [0.717, 1.165) is 10.3 Å². The molecule has 0 spiro atoms. The van der Waals surface area contributed by atoms with E-state index in [9.17, 15) is 24.5 Å². The molecule has 0 unspecified atom stereocenters. The number of barbiturate groups is 1. The third-order valence-electron chi connectivity index (χ3n) is 5.96. The van der Waals surface area contributed by atoms with Gasteiger partial charge in [0.15, 0.2) is 0 Å². The van der Waals surface area contributed by atoms with Crippen molar-refractivity contribution in [3.63, 3.8) is 0 Å². The van der Waals surface area contributed by atoms with Crippen molar-refractivity contribution < 1.29 is 24.0 Å². The number of hydrogen-bond acceptors (Lipinski definition) is 6. The van der Waals surface area contributed by atoms with Gasteiger partial charge in [0.1, 0.15) is 17.9 Å². The van der Waals surface area contributed by atoms with Crippen LogP contribution in [0.2, 0.25) is 5.02 Å². The van der Waals surface area contributed by atoms with Crippen LogP contribution in [-0.2, 0) is 16.2 Å². The van der Waals surface area contributed by atoms with Crippen molar-refractivity contribution in [3.05, 3.63) is 117 Å². The molecule has 1 N–H and O–H groups in total. The van der Waals surface area contributed by atoms with Crippen LogP contribution >= 0.6 is 11.6 Å². The molecule has 1 fully saturated rings. The van der Waals surface area contributed by atoms with E-state index in [-0.39, 0.29) is 28.6 Å². The van der Waals surface area contributed by atoms with E-state index >= 15 is 0 Å². The summed E-state index contributed by atoms with van der Waals surface area (Å²) in [4.78, 5) is 50.1. The molecule has 0 saturated carbocycles. The van der Waals surface area contributed by atoms with Crippen molar-refractivity contribution in [1.82, 2.24) is 5.32 Å². The number of anilines is 1. The SMILES string of the molecule is O=C1NC(=O)N(c2ccccc2Cl)C(=O)/C1=C/c1c(OCc2ccc([N+](=O)[O-])cc2)ccc2ccccc12. The molecule has 4 amide bonds. The van der Waals surface area contributed by atoms with E-state index < -0.39 is 22.8 Å². The van der Waals surface area contributed by atoms with E-state index in [4.69, 9.17) is 16.3 Å². The number of ether oxygens (including phenoxy) is 1. The minimum Gasteiger partial charge on any atom is -0.488 e. The number of fused-ring (bicyclic) bond motifs is 1. The molecular weight excluding hydrogens is 510 g/mol. The number of carbonyl (C=O) groups is 3. The van der Waals surface area contributed by atoms with E-state index in [1.54, 1.807) is 30.3 Å². The number of non-ortho nitro benzene ring substituents is 1. The van der Waals surface area contributed by atoms with Gasteiger partial charge in [-0.25, -0.2) is 9.69 Å². The van der Waals surface area contributed by atoms with Gasteiger partial charge >= 0.3 is 6.03 Å². The van der Waals surface area contributed by atoms with Crippen LogP contribution in [0.1, 0.15) is 11.1 Å². The predicted octanol–water partition coefficient (Wildman–Crippen LogP) is 5.65. The number of halogens is 1. The smallest absolute Gasteiger partial charge is 0.335 e. The molecule has 188 valence electrons. The van der Waals surface area contributed by atoms with Gasteiger partial charge in [-0.15, -0.1) is 0 Å². The lowest BCUT2D eigenvalue weighted by Crippen LogP contribution is -2.54. The van der Waals surface area contributed by atoms with Crippen LogP contribution < -0.4 is 15.0 Å². The molecule has 0 aromatic heterocycles. The first-order chi connectivity index (χ1) is 18.3. The summed E-state index contributed by atoms with van der Waals surface area (Å²) in [7, 11) is 0. The summed E-state index contributed by atoms with van der Waals surface area (Å²) < 4.78 is 6.04. The van der Waals surface area contributed by atoms with Crippen LogP contribution in [0, 0.1) is 10.1 Å². The van der Waals surface area contributed by atoms with E-state index in [0.29, 0.717) is 22.3 Å². The highest BCUT2D eigenvalue weighted by Crippen LogP contribution is 2.33. The number of nitro groups is 1. The lowest BCUT2D eigenvalue weighted by Gasteiger charge is -2.27. The fourth-order valence-corrected chi connectivity index (χ4v) is 4.30. The second-order valence-corrected chi connectivity index (χ2v) is 8.73. The summed E-state index contributed by atoms with van der Waals surface area (Å²) in [6, 6.07) is 22.3. The Bertz CT molecular complexity index is 1650. The van der Waals surface area contributed by atoms with Crippen LogP contribution in [0.15, 0.2) is 90.5 Å². The Hall–Kier alpha value is -5.02. The standard InChI is InChI=1S/C28H18ClN3O6/c29-23-7-3-4-8-24(23)31-27(34)22(26(33)30-28(31)35)15-21-20-6-2-1-5-18(20)11-14-25(21)38-16-17-9-12-19(13-10-17)32(36)37/h1-15H,16H2,(H,30,33,35)/b22-15+. The van der Waals surface area contributed by atoms with E-state index in [1.165, 1.54) is 30.3 Å². The molecule has 4 aromatic carbocycles. The molecule has 1 saturated heterocycles. The predicted molar refractivity (Wildman–Crippen MR) is 142 cm³/mol. The van der Waals surface area contributed by atoms with Crippen LogP contribution in [0.5, 0.6) is 5.75 Å². The molecule has 0 aliphatic carbocycles. The maximum absolute atomic E-state index is 13.4. The second kappa shape index (κ2) is 10.2. The van der Waals surface area contributed by atoms with Gasteiger partial charge in [0, 0.05) is 17.7 Å². The van der Waals surface area contributed by atoms with Crippen molar-refractivity contribution in [1.29, 1.82) is 0 Å². The topological polar surface area (TPSA) is 119 Å². The molecule has 0 radical (unpaired) electrons. The second-order valence-electron chi connectivity index (χ2n) is 8.32. The maximum Gasteiger partial charge on any atom is 0.335 e. The molecule has 4 aromatic rings. The van der Waals surface area contributed by atoms with Gasteiger partial charge in [0.2, 0.25) is 0 Å². The maximum atomic E-state index is 13.4. The number of urea groups is 1. The zero-order valence-corrected chi connectivity index (χ0v) is 20.3. The number of hydrogen-bond donors (Lipinski definition) is 1. The molecule has 0 atom stereocenters. The quantitative estimate of drug-likeness (QED) is 0.150. The number of amides is 4. The lowest BCUT2D eigenvalue weighted by atomic mass is 9.99. The fourth-order valence-electron chi connectivity index (χ4n) is 4.08. The number of nitro benzene ring substituents is 1.